The number of carbonyl (C=O) groups excluding carboxylic acids is 2. The average molecular weight is 491 g/mol. The molecule has 8 nitrogen and oxygen atoms in total. The molecule has 2 aromatic heterocycles. The van der Waals surface area contributed by atoms with Crippen molar-refractivity contribution in [3.8, 4) is 11.5 Å². The Kier molecular flexibility index (Phi) is 5.44. The third kappa shape index (κ3) is 3.59. The van der Waals surface area contributed by atoms with E-state index in [0.29, 0.717) is 33.7 Å². The van der Waals surface area contributed by atoms with Crippen molar-refractivity contribution < 1.29 is 23.8 Å². The van der Waals surface area contributed by atoms with Gasteiger partial charge in [-0.25, -0.2) is 4.98 Å². The largest absolute Gasteiger partial charge is 0.504 e. The van der Waals surface area contributed by atoms with Crippen molar-refractivity contribution in [2.24, 2.45) is 0 Å². The summed E-state index contributed by atoms with van der Waals surface area (Å²) in [4.78, 5) is 45.9. The number of ketones is 1. The quantitative estimate of drug-likeness (QED) is 0.395. The van der Waals surface area contributed by atoms with E-state index >= 15 is 0 Å². The van der Waals surface area contributed by atoms with Gasteiger partial charge in [-0.1, -0.05) is 29.0 Å². The van der Waals surface area contributed by atoms with Crippen molar-refractivity contribution in [3.05, 3.63) is 79.6 Å². The number of fused-ring (bicyclic) bond motifs is 2. The van der Waals surface area contributed by atoms with Crippen LogP contribution in [0.4, 0.5) is 5.13 Å². The summed E-state index contributed by atoms with van der Waals surface area (Å²) in [7, 11) is 0. The number of Topliss-reactive ketones (excluding diaryl/α,β-unsaturated/α-hetero) is 1. The number of benzene rings is 2. The maximum atomic E-state index is 13.7. The van der Waals surface area contributed by atoms with E-state index in [0.717, 1.165) is 16.9 Å². The number of hydrogen-bond donors (Lipinski definition) is 1. The molecule has 2 aromatic carbocycles. The van der Waals surface area contributed by atoms with Crippen LogP contribution >= 0.6 is 11.3 Å². The number of phenols is 1. The predicted molar refractivity (Wildman–Crippen MR) is 132 cm³/mol. The van der Waals surface area contributed by atoms with E-state index in [2.05, 4.69) is 4.98 Å². The van der Waals surface area contributed by atoms with Crippen molar-refractivity contribution >= 4 is 39.1 Å². The zero-order chi connectivity index (χ0) is 25.0. The Balaban J connectivity index is 1.80. The molecule has 0 spiro atoms. The van der Waals surface area contributed by atoms with Crippen LogP contribution in [0.15, 0.2) is 45.6 Å². The van der Waals surface area contributed by atoms with Crippen LogP contribution in [-0.4, -0.2) is 28.4 Å². The van der Waals surface area contributed by atoms with Gasteiger partial charge >= 0.3 is 0 Å². The molecule has 1 unspecified atom stereocenters. The molecule has 1 aliphatic heterocycles. The van der Waals surface area contributed by atoms with Gasteiger partial charge in [-0.05, 0) is 50.6 Å². The average Bonchev–Trinajstić information content (AvgIpc) is 3.34. The van der Waals surface area contributed by atoms with Gasteiger partial charge in [-0.3, -0.25) is 19.3 Å². The number of thiazole rings is 1. The zero-order valence-electron chi connectivity index (χ0n) is 19.5. The molecule has 9 heteroatoms. The van der Waals surface area contributed by atoms with Gasteiger partial charge < -0.3 is 14.3 Å². The molecule has 1 atom stereocenters. The molecule has 0 saturated carbocycles. The Morgan fingerprint density at radius 3 is 2.66 bits per heavy atom. The second-order valence-corrected chi connectivity index (χ2v) is 9.36. The van der Waals surface area contributed by atoms with Gasteiger partial charge in [0.2, 0.25) is 5.76 Å². The van der Waals surface area contributed by atoms with Crippen molar-refractivity contribution in [1.82, 2.24) is 4.98 Å². The highest BCUT2D eigenvalue weighted by Gasteiger charge is 2.45. The lowest BCUT2D eigenvalue weighted by molar-refractivity contribution is 0.0969. The van der Waals surface area contributed by atoms with Crippen LogP contribution in [0, 0.1) is 13.8 Å². The summed E-state index contributed by atoms with van der Waals surface area (Å²) in [6.07, 6.45) is 0. The summed E-state index contributed by atoms with van der Waals surface area (Å²) in [5.41, 5.74) is 2.09. The number of anilines is 1. The second-order valence-electron chi connectivity index (χ2n) is 8.38. The molecule has 1 N–H and O–H groups in total. The van der Waals surface area contributed by atoms with Gasteiger partial charge in [0.25, 0.3) is 5.91 Å². The number of nitrogens with zero attached hydrogens (tertiary/aromatic N) is 2. The molecular weight excluding hydrogens is 468 g/mol. The van der Waals surface area contributed by atoms with Gasteiger partial charge in [0.15, 0.2) is 27.8 Å². The summed E-state index contributed by atoms with van der Waals surface area (Å²) in [6, 6.07) is 9.02. The van der Waals surface area contributed by atoms with Crippen molar-refractivity contribution in [1.29, 1.82) is 0 Å². The maximum Gasteiger partial charge on any atom is 0.297 e. The number of ether oxygens (including phenoxy) is 1. The lowest BCUT2D eigenvalue weighted by Crippen LogP contribution is -2.29. The van der Waals surface area contributed by atoms with Crippen LogP contribution < -0.4 is 15.1 Å². The van der Waals surface area contributed by atoms with Crippen LogP contribution in [0.3, 0.4) is 0 Å². The summed E-state index contributed by atoms with van der Waals surface area (Å²) < 4.78 is 11.5. The molecule has 1 amide bonds. The van der Waals surface area contributed by atoms with Crippen LogP contribution in [0.1, 0.15) is 62.5 Å². The molecule has 1 aliphatic rings. The van der Waals surface area contributed by atoms with E-state index in [1.807, 2.05) is 13.0 Å². The minimum Gasteiger partial charge on any atom is -0.504 e. The highest BCUT2D eigenvalue weighted by atomic mass is 32.1. The monoisotopic (exact) mass is 490 g/mol. The lowest BCUT2D eigenvalue weighted by Gasteiger charge is -2.23. The van der Waals surface area contributed by atoms with Crippen molar-refractivity contribution in [3.63, 3.8) is 0 Å². The number of rotatable bonds is 5. The fourth-order valence-corrected chi connectivity index (χ4v) is 5.37. The normalized spacial score (nSPS) is 15.0. The van der Waals surface area contributed by atoms with Gasteiger partial charge in [0.05, 0.1) is 34.2 Å². The molecule has 3 heterocycles. The number of carbonyl (C=O) groups is 2. The number of aromatic nitrogens is 1. The first-order chi connectivity index (χ1) is 16.7. The van der Waals surface area contributed by atoms with E-state index in [9.17, 15) is 19.5 Å². The number of aryl methyl sites for hydroxylation is 2. The standard InChI is InChI=1S/C26H22N2O6S/c1-5-33-19-11-15(7-8-17(19)30)21-20-22(31)16-10-12(2)6-9-18(16)34-23(20)25(32)28(21)26-27-13(3)24(35-26)14(4)29/h6-11,21,30H,5H2,1-4H3. The summed E-state index contributed by atoms with van der Waals surface area (Å²) >= 11 is 1.09. The van der Waals surface area contributed by atoms with E-state index in [-0.39, 0.29) is 39.2 Å². The Bertz CT molecular complexity index is 1580. The van der Waals surface area contributed by atoms with Crippen LogP contribution in [-0.2, 0) is 0 Å². The molecule has 0 radical (unpaired) electrons. The van der Waals surface area contributed by atoms with Crippen LogP contribution in [0.5, 0.6) is 11.5 Å². The molecule has 0 bridgehead atoms. The molecule has 0 fully saturated rings. The van der Waals surface area contributed by atoms with Gasteiger partial charge in [0, 0.05) is 6.92 Å². The Morgan fingerprint density at radius 1 is 1.20 bits per heavy atom. The molecule has 0 saturated heterocycles. The van der Waals surface area contributed by atoms with Gasteiger partial charge in [0.1, 0.15) is 5.58 Å². The first-order valence-electron chi connectivity index (χ1n) is 11.1. The third-order valence-corrected chi connectivity index (χ3v) is 7.19. The molecule has 178 valence electrons. The summed E-state index contributed by atoms with van der Waals surface area (Å²) in [5.74, 6) is -0.590. The van der Waals surface area contributed by atoms with E-state index in [1.165, 1.54) is 17.9 Å². The summed E-state index contributed by atoms with van der Waals surface area (Å²) in [5, 5.41) is 10.9. The topological polar surface area (TPSA) is 110 Å². The van der Waals surface area contributed by atoms with E-state index < -0.39 is 11.9 Å². The highest BCUT2D eigenvalue weighted by molar-refractivity contribution is 7.17. The number of amides is 1. The first-order valence-corrected chi connectivity index (χ1v) is 11.9. The number of aromatic hydroxyl groups is 1. The Morgan fingerprint density at radius 2 is 1.97 bits per heavy atom. The van der Waals surface area contributed by atoms with Gasteiger partial charge in [-0.15, -0.1) is 0 Å². The fraction of sp³-hybridized carbons (Fsp3) is 0.231. The highest BCUT2D eigenvalue weighted by Crippen LogP contribution is 2.44. The predicted octanol–water partition coefficient (Wildman–Crippen LogP) is 4.92. The SMILES string of the molecule is CCOc1cc(C2c3c(oc4ccc(C)cc4c3=O)C(=O)N2c2nc(C)c(C(C)=O)s2)ccc1O. The number of phenolic OH excluding ortho intramolecular Hbond substituents is 1. The first kappa shape index (κ1) is 22.8. The molecule has 0 aliphatic carbocycles. The second kappa shape index (κ2) is 8.35. The van der Waals surface area contributed by atoms with Crippen molar-refractivity contribution in [2.75, 3.05) is 11.5 Å². The van der Waals surface area contributed by atoms with E-state index in [4.69, 9.17) is 9.15 Å². The van der Waals surface area contributed by atoms with Crippen LogP contribution in [0.25, 0.3) is 11.0 Å². The number of hydrogen-bond acceptors (Lipinski definition) is 8. The molecule has 5 rings (SSSR count). The molecule has 35 heavy (non-hydrogen) atoms. The third-order valence-electron chi connectivity index (χ3n) is 5.94. The molecular formula is C26H22N2O6S. The van der Waals surface area contributed by atoms with Crippen molar-refractivity contribution in [2.45, 2.75) is 33.7 Å². The molecule has 4 aromatic rings. The Hall–Kier alpha value is -3.98. The smallest absolute Gasteiger partial charge is 0.297 e. The lowest BCUT2D eigenvalue weighted by atomic mass is 9.98. The maximum absolute atomic E-state index is 13.7. The minimum atomic E-state index is -0.885. The minimum absolute atomic E-state index is 0.0585. The van der Waals surface area contributed by atoms with Gasteiger partial charge in [-0.2, -0.15) is 0 Å². The van der Waals surface area contributed by atoms with Crippen LogP contribution in [0.2, 0.25) is 0 Å². The summed E-state index contributed by atoms with van der Waals surface area (Å²) in [6.45, 7) is 7.12. The zero-order valence-corrected chi connectivity index (χ0v) is 20.4. The fourth-order valence-electron chi connectivity index (χ4n) is 4.38. The Labute approximate surface area is 204 Å². The van der Waals surface area contributed by atoms with E-state index in [1.54, 1.807) is 38.1 Å².